The van der Waals surface area contributed by atoms with Gasteiger partial charge in [0, 0.05) is 12.1 Å². The van der Waals surface area contributed by atoms with Crippen LogP contribution in [0.3, 0.4) is 0 Å². The Labute approximate surface area is 96.0 Å². The van der Waals surface area contributed by atoms with Crippen molar-refractivity contribution in [1.82, 2.24) is 0 Å². The van der Waals surface area contributed by atoms with Gasteiger partial charge in [-0.2, -0.15) is 5.26 Å². The summed E-state index contributed by atoms with van der Waals surface area (Å²) in [6.07, 6.45) is 0. The normalized spacial score (nSPS) is 9.41. The summed E-state index contributed by atoms with van der Waals surface area (Å²) in [6.45, 7) is 1.68. The number of aromatic hydroxyl groups is 1. The Morgan fingerprint density at radius 3 is 2.76 bits per heavy atom. The fourth-order valence-electron chi connectivity index (χ4n) is 1.19. The molecule has 0 amide bonds. The number of phenolic OH excluding ortho intramolecular Hbond substituents is 1. The van der Waals surface area contributed by atoms with Crippen LogP contribution in [-0.4, -0.2) is 22.6 Å². The first kappa shape index (κ1) is 12.4. The van der Waals surface area contributed by atoms with Crippen molar-refractivity contribution >= 4 is 11.7 Å². The van der Waals surface area contributed by atoms with Gasteiger partial charge in [-0.15, -0.1) is 0 Å². The lowest BCUT2D eigenvalue weighted by molar-refractivity contribution is -0.385. The molecule has 0 spiro atoms. The molecule has 1 N–H and O–H groups in total. The number of benzene rings is 1. The molecule has 0 aliphatic heterocycles. The molecule has 0 fully saturated rings. The van der Waals surface area contributed by atoms with Crippen molar-refractivity contribution < 1.29 is 19.6 Å². The monoisotopic (exact) mass is 236 g/mol. The minimum Gasteiger partial charge on any atom is -0.502 e. The minimum atomic E-state index is -0.842. The number of nitro groups is 1. The quantitative estimate of drug-likeness (QED) is 0.481. The summed E-state index contributed by atoms with van der Waals surface area (Å²) < 4.78 is 4.65. The Balaban J connectivity index is 3.34. The molecule has 17 heavy (non-hydrogen) atoms. The summed E-state index contributed by atoms with van der Waals surface area (Å²) in [5, 5.41) is 28.6. The lowest BCUT2D eigenvalue weighted by Crippen LogP contribution is -2.07. The molecule has 0 aliphatic carbocycles. The van der Waals surface area contributed by atoms with E-state index in [9.17, 15) is 20.0 Å². The minimum absolute atomic E-state index is 0.0987. The number of phenols is 1. The third-order valence-electron chi connectivity index (χ3n) is 1.93. The van der Waals surface area contributed by atoms with E-state index in [-0.39, 0.29) is 17.7 Å². The second-order valence-electron chi connectivity index (χ2n) is 2.98. The molecule has 0 bridgehead atoms. The van der Waals surface area contributed by atoms with E-state index in [4.69, 9.17) is 5.26 Å². The lowest BCUT2D eigenvalue weighted by Gasteiger charge is -2.04. The maximum Gasteiger partial charge on any atom is 0.339 e. The molecule has 0 aliphatic rings. The van der Waals surface area contributed by atoms with Gasteiger partial charge in [0.05, 0.1) is 22.7 Å². The van der Waals surface area contributed by atoms with Gasteiger partial charge >= 0.3 is 11.7 Å². The van der Waals surface area contributed by atoms with E-state index in [2.05, 4.69) is 4.74 Å². The van der Waals surface area contributed by atoms with Gasteiger partial charge in [0.25, 0.3) is 0 Å². The SMILES string of the molecule is CCOC(=O)c1cc(O)c([N+](=O)[O-])cc1C#N. The predicted octanol–water partition coefficient (Wildman–Crippen LogP) is 1.35. The molecule has 88 valence electrons. The molecule has 0 aromatic heterocycles. The van der Waals surface area contributed by atoms with Crippen LogP contribution in [0.15, 0.2) is 12.1 Å². The van der Waals surface area contributed by atoms with E-state index in [0.29, 0.717) is 0 Å². The summed E-state index contributed by atoms with van der Waals surface area (Å²) in [7, 11) is 0. The van der Waals surface area contributed by atoms with Crippen LogP contribution in [-0.2, 0) is 4.74 Å². The molecule has 0 saturated carbocycles. The molecule has 0 heterocycles. The first-order valence-corrected chi connectivity index (χ1v) is 4.59. The summed E-state index contributed by atoms with van der Waals surface area (Å²) in [4.78, 5) is 21.1. The zero-order chi connectivity index (χ0) is 13.0. The van der Waals surface area contributed by atoms with Gasteiger partial charge in [0.2, 0.25) is 0 Å². The Morgan fingerprint density at radius 2 is 2.29 bits per heavy atom. The van der Waals surface area contributed by atoms with Gasteiger partial charge in [0.15, 0.2) is 5.75 Å². The number of nitro benzene ring substituents is 1. The molecule has 1 aromatic carbocycles. The highest BCUT2D eigenvalue weighted by atomic mass is 16.6. The number of nitriles is 1. The highest BCUT2D eigenvalue weighted by Gasteiger charge is 2.21. The smallest absolute Gasteiger partial charge is 0.339 e. The summed E-state index contributed by atoms with van der Waals surface area (Å²) >= 11 is 0. The van der Waals surface area contributed by atoms with Gasteiger partial charge in [-0.3, -0.25) is 10.1 Å². The van der Waals surface area contributed by atoms with Crippen LogP contribution < -0.4 is 0 Å². The molecule has 0 saturated heterocycles. The van der Waals surface area contributed by atoms with Gasteiger partial charge in [0.1, 0.15) is 6.07 Å². The van der Waals surface area contributed by atoms with Crippen LogP contribution in [0.5, 0.6) is 5.75 Å². The number of nitrogens with zero attached hydrogens (tertiary/aromatic N) is 2. The van der Waals surface area contributed by atoms with E-state index < -0.39 is 22.3 Å². The van der Waals surface area contributed by atoms with Crippen LogP contribution in [0.2, 0.25) is 0 Å². The molecule has 7 nitrogen and oxygen atoms in total. The van der Waals surface area contributed by atoms with Gasteiger partial charge in [-0.05, 0) is 6.92 Å². The van der Waals surface area contributed by atoms with Crippen molar-refractivity contribution in [2.75, 3.05) is 6.61 Å². The average molecular weight is 236 g/mol. The van der Waals surface area contributed by atoms with Gasteiger partial charge in [-0.25, -0.2) is 4.79 Å². The third kappa shape index (κ3) is 2.49. The van der Waals surface area contributed by atoms with E-state index in [1.54, 1.807) is 13.0 Å². The molecule has 1 rings (SSSR count). The van der Waals surface area contributed by atoms with E-state index in [0.717, 1.165) is 12.1 Å². The van der Waals surface area contributed by atoms with Gasteiger partial charge < -0.3 is 9.84 Å². The standard InChI is InChI=1S/C10H8N2O5/c1-2-17-10(14)7-4-9(13)8(12(15)16)3-6(7)5-11/h3-4,13H,2H2,1H3. The molecule has 0 radical (unpaired) electrons. The number of hydrogen-bond acceptors (Lipinski definition) is 6. The maximum absolute atomic E-state index is 11.4. The largest absolute Gasteiger partial charge is 0.502 e. The molecular weight excluding hydrogens is 228 g/mol. The fraction of sp³-hybridized carbons (Fsp3) is 0.200. The van der Waals surface area contributed by atoms with Crippen LogP contribution >= 0.6 is 0 Å². The lowest BCUT2D eigenvalue weighted by atomic mass is 10.1. The molecular formula is C10H8N2O5. The second-order valence-corrected chi connectivity index (χ2v) is 2.98. The zero-order valence-electron chi connectivity index (χ0n) is 8.84. The van der Waals surface area contributed by atoms with E-state index in [1.807, 2.05) is 0 Å². The first-order chi connectivity index (χ1) is 8.01. The van der Waals surface area contributed by atoms with E-state index in [1.165, 1.54) is 0 Å². The van der Waals surface area contributed by atoms with Crippen LogP contribution in [0.1, 0.15) is 22.8 Å². The molecule has 0 unspecified atom stereocenters. The highest BCUT2D eigenvalue weighted by Crippen LogP contribution is 2.29. The number of hydrogen-bond donors (Lipinski definition) is 1. The molecule has 0 atom stereocenters. The Bertz CT molecular complexity index is 518. The average Bonchev–Trinajstić information content (AvgIpc) is 2.28. The maximum atomic E-state index is 11.4. The van der Waals surface area contributed by atoms with Crippen LogP contribution in [0.4, 0.5) is 5.69 Å². The number of carbonyl (C=O) groups excluding carboxylic acids is 1. The summed E-state index contributed by atoms with van der Waals surface area (Å²) in [5.41, 5.74) is -1.04. The number of carbonyl (C=O) groups is 1. The zero-order valence-corrected chi connectivity index (χ0v) is 8.84. The van der Waals surface area contributed by atoms with Crippen LogP contribution in [0, 0.1) is 21.4 Å². The summed E-state index contributed by atoms with van der Waals surface area (Å²) in [6, 6.07) is 3.33. The van der Waals surface area contributed by atoms with Crippen LogP contribution in [0.25, 0.3) is 0 Å². The first-order valence-electron chi connectivity index (χ1n) is 4.59. The van der Waals surface area contributed by atoms with E-state index >= 15 is 0 Å². The van der Waals surface area contributed by atoms with Crippen molar-refractivity contribution in [2.24, 2.45) is 0 Å². The van der Waals surface area contributed by atoms with Crippen molar-refractivity contribution in [3.63, 3.8) is 0 Å². The number of rotatable bonds is 3. The third-order valence-corrected chi connectivity index (χ3v) is 1.93. The number of esters is 1. The van der Waals surface area contributed by atoms with Crippen molar-refractivity contribution in [1.29, 1.82) is 5.26 Å². The summed E-state index contributed by atoms with van der Waals surface area (Å²) in [5.74, 6) is -1.49. The second kappa shape index (κ2) is 4.94. The van der Waals surface area contributed by atoms with Crippen molar-refractivity contribution in [3.8, 4) is 11.8 Å². The Morgan fingerprint density at radius 1 is 1.65 bits per heavy atom. The fourth-order valence-corrected chi connectivity index (χ4v) is 1.19. The Kier molecular flexibility index (Phi) is 3.62. The van der Waals surface area contributed by atoms with Crippen molar-refractivity contribution in [3.05, 3.63) is 33.4 Å². The number of ether oxygens (including phenoxy) is 1. The molecule has 1 aromatic rings. The van der Waals surface area contributed by atoms with Gasteiger partial charge in [-0.1, -0.05) is 0 Å². The Hall–Kier alpha value is -2.62. The topological polar surface area (TPSA) is 113 Å². The van der Waals surface area contributed by atoms with Crippen molar-refractivity contribution in [2.45, 2.75) is 6.92 Å². The predicted molar refractivity (Wildman–Crippen MR) is 55.4 cm³/mol. The molecule has 7 heteroatoms. The highest BCUT2D eigenvalue weighted by molar-refractivity contribution is 5.93.